The van der Waals surface area contributed by atoms with Crippen molar-refractivity contribution in [2.75, 3.05) is 27.2 Å². The van der Waals surface area contributed by atoms with Crippen molar-refractivity contribution in [3.63, 3.8) is 0 Å². The van der Waals surface area contributed by atoms with Gasteiger partial charge in [-0.3, -0.25) is 9.59 Å². The molecule has 2 rings (SSSR count). The number of nitrogens with zero attached hydrogens (tertiary/aromatic N) is 2. The molecule has 1 saturated heterocycles. The maximum atomic E-state index is 12.1. The summed E-state index contributed by atoms with van der Waals surface area (Å²) >= 11 is 4.99. The van der Waals surface area contributed by atoms with E-state index < -0.39 is 0 Å². The summed E-state index contributed by atoms with van der Waals surface area (Å²) in [7, 11) is 3.56. The lowest BCUT2D eigenvalue weighted by atomic mass is 9.95. The van der Waals surface area contributed by atoms with Gasteiger partial charge in [-0.2, -0.15) is 0 Å². The zero-order valence-electron chi connectivity index (χ0n) is 12.2. The van der Waals surface area contributed by atoms with Crippen molar-refractivity contribution in [3.8, 4) is 0 Å². The molecule has 1 aromatic heterocycles. The Morgan fingerprint density at radius 2 is 2.00 bits per heavy atom. The largest absolute Gasteiger partial charge is 0.349 e. The highest BCUT2D eigenvalue weighted by molar-refractivity contribution is 9.11. The number of thiophene rings is 1. The van der Waals surface area contributed by atoms with E-state index in [0.29, 0.717) is 13.1 Å². The molecule has 114 valence electrons. The first-order valence-electron chi connectivity index (χ1n) is 6.91. The maximum Gasteiger partial charge on any atom is 0.246 e. The fourth-order valence-corrected chi connectivity index (χ4v) is 3.71. The number of piperidine rings is 1. The highest BCUT2D eigenvalue weighted by Crippen LogP contribution is 2.23. The van der Waals surface area contributed by atoms with Gasteiger partial charge in [-0.25, -0.2) is 0 Å². The molecule has 0 spiro atoms. The van der Waals surface area contributed by atoms with Crippen LogP contribution in [0.25, 0.3) is 6.08 Å². The monoisotopic (exact) mass is 370 g/mol. The Morgan fingerprint density at radius 3 is 2.52 bits per heavy atom. The molecule has 0 N–H and O–H groups in total. The number of hydrogen-bond acceptors (Lipinski definition) is 3. The first kappa shape index (κ1) is 16.2. The van der Waals surface area contributed by atoms with Crippen LogP contribution in [0, 0.1) is 5.92 Å². The van der Waals surface area contributed by atoms with Crippen molar-refractivity contribution >= 4 is 45.2 Å². The molecule has 1 aliphatic heterocycles. The van der Waals surface area contributed by atoms with E-state index >= 15 is 0 Å². The lowest BCUT2D eigenvalue weighted by molar-refractivity contribution is -0.137. The summed E-state index contributed by atoms with van der Waals surface area (Å²) in [5, 5.41) is 0. The Morgan fingerprint density at radius 1 is 1.33 bits per heavy atom. The standard InChI is InChI=1S/C15H19BrN2O2S/c1-17(2)15(20)11-7-9-18(10-8-11)14(19)6-4-12-3-5-13(16)21-12/h3-6,11H,7-10H2,1-2H3. The van der Waals surface area contributed by atoms with Gasteiger partial charge in [-0.05, 0) is 47.0 Å². The molecule has 1 fully saturated rings. The van der Waals surface area contributed by atoms with E-state index in [2.05, 4.69) is 15.9 Å². The molecule has 6 heteroatoms. The van der Waals surface area contributed by atoms with Crippen LogP contribution in [-0.2, 0) is 9.59 Å². The minimum atomic E-state index is 0.0234. The Bertz CT molecular complexity index is 546. The van der Waals surface area contributed by atoms with Gasteiger partial charge in [0.1, 0.15) is 0 Å². The zero-order valence-corrected chi connectivity index (χ0v) is 14.6. The van der Waals surface area contributed by atoms with Crippen LogP contribution in [0.2, 0.25) is 0 Å². The van der Waals surface area contributed by atoms with Crippen LogP contribution in [0.5, 0.6) is 0 Å². The Hall–Kier alpha value is -1.14. The van der Waals surface area contributed by atoms with Gasteiger partial charge in [0.25, 0.3) is 0 Å². The van der Waals surface area contributed by atoms with Gasteiger partial charge in [0.2, 0.25) is 11.8 Å². The van der Waals surface area contributed by atoms with Crippen molar-refractivity contribution in [2.24, 2.45) is 5.92 Å². The molecule has 1 aliphatic rings. The average molecular weight is 371 g/mol. The van der Waals surface area contributed by atoms with Gasteiger partial charge >= 0.3 is 0 Å². The first-order valence-corrected chi connectivity index (χ1v) is 8.52. The summed E-state index contributed by atoms with van der Waals surface area (Å²) < 4.78 is 1.05. The van der Waals surface area contributed by atoms with E-state index in [4.69, 9.17) is 0 Å². The van der Waals surface area contributed by atoms with Crippen LogP contribution in [-0.4, -0.2) is 48.8 Å². The van der Waals surface area contributed by atoms with Crippen molar-refractivity contribution in [2.45, 2.75) is 12.8 Å². The third-order valence-corrected chi connectivity index (χ3v) is 5.17. The highest BCUT2D eigenvalue weighted by atomic mass is 79.9. The molecule has 0 atom stereocenters. The molecule has 0 radical (unpaired) electrons. The van der Waals surface area contributed by atoms with E-state index in [9.17, 15) is 9.59 Å². The van der Waals surface area contributed by atoms with Gasteiger partial charge < -0.3 is 9.80 Å². The summed E-state index contributed by atoms with van der Waals surface area (Å²) in [5.41, 5.74) is 0. The molecule has 0 aliphatic carbocycles. The molecule has 4 nitrogen and oxygen atoms in total. The minimum Gasteiger partial charge on any atom is -0.349 e. The van der Waals surface area contributed by atoms with E-state index in [0.717, 1.165) is 21.5 Å². The zero-order chi connectivity index (χ0) is 15.4. The summed E-state index contributed by atoms with van der Waals surface area (Å²) in [5.74, 6) is 0.248. The van der Waals surface area contributed by atoms with E-state index in [1.54, 1.807) is 36.4 Å². The van der Waals surface area contributed by atoms with E-state index in [1.165, 1.54) is 0 Å². The van der Waals surface area contributed by atoms with Crippen LogP contribution in [0.3, 0.4) is 0 Å². The second-order valence-electron chi connectivity index (χ2n) is 5.31. The minimum absolute atomic E-state index is 0.0234. The van der Waals surface area contributed by atoms with Gasteiger partial charge in [0.05, 0.1) is 3.79 Å². The summed E-state index contributed by atoms with van der Waals surface area (Å²) in [6.45, 7) is 1.31. The van der Waals surface area contributed by atoms with Gasteiger partial charge in [-0.15, -0.1) is 11.3 Å². The smallest absolute Gasteiger partial charge is 0.246 e. The van der Waals surface area contributed by atoms with Crippen LogP contribution < -0.4 is 0 Å². The molecule has 1 aromatic rings. The first-order chi connectivity index (χ1) is 9.97. The van der Waals surface area contributed by atoms with Crippen LogP contribution in [0.1, 0.15) is 17.7 Å². The van der Waals surface area contributed by atoms with Crippen LogP contribution >= 0.6 is 27.3 Å². The van der Waals surface area contributed by atoms with Crippen molar-refractivity contribution in [1.82, 2.24) is 9.80 Å². The van der Waals surface area contributed by atoms with Crippen molar-refractivity contribution in [1.29, 1.82) is 0 Å². The van der Waals surface area contributed by atoms with E-state index in [-0.39, 0.29) is 17.7 Å². The molecule has 0 bridgehead atoms. The Labute approximate surface area is 137 Å². The fraction of sp³-hybridized carbons (Fsp3) is 0.467. The molecule has 2 heterocycles. The molecular weight excluding hydrogens is 352 g/mol. The number of rotatable bonds is 3. The van der Waals surface area contributed by atoms with Gasteiger partial charge in [-0.1, -0.05) is 0 Å². The topological polar surface area (TPSA) is 40.6 Å². The van der Waals surface area contributed by atoms with Crippen molar-refractivity contribution in [3.05, 3.63) is 26.9 Å². The fourth-order valence-electron chi connectivity index (χ4n) is 2.39. The number of carbonyl (C=O) groups excluding carboxylic acids is 2. The van der Waals surface area contributed by atoms with E-state index in [1.807, 2.05) is 23.1 Å². The number of carbonyl (C=O) groups is 2. The predicted molar refractivity (Wildman–Crippen MR) is 89.1 cm³/mol. The normalized spacial score (nSPS) is 16.4. The molecule has 21 heavy (non-hydrogen) atoms. The van der Waals surface area contributed by atoms with Crippen molar-refractivity contribution < 1.29 is 9.59 Å². The Balaban J connectivity index is 1.86. The average Bonchev–Trinajstić information content (AvgIpc) is 2.89. The van der Waals surface area contributed by atoms with Gasteiger partial charge in [0, 0.05) is 44.1 Å². The number of halogens is 1. The molecule has 0 aromatic carbocycles. The number of likely N-dealkylation sites (tertiary alicyclic amines) is 1. The summed E-state index contributed by atoms with van der Waals surface area (Å²) in [6.07, 6.45) is 4.96. The quantitative estimate of drug-likeness (QED) is 0.767. The summed E-state index contributed by atoms with van der Waals surface area (Å²) in [6, 6.07) is 3.94. The Kier molecular flexibility index (Phi) is 5.58. The lowest BCUT2D eigenvalue weighted by Gasteiger charge is -2.31. The second-order valence-corrected chi connectivity index (χ2v) is 7.80. The molecule has 0 saturated carbocycles. The van der Waals surface area contributed by atoms with Crippen LogP contribution in [0.15, 0.2) is 22.0 Å². The predicted octanol–water partition coefficient (Wildman–Crippen LogP) is 2.85. The maximum absolute atomic E-state index is 12.1. The summed E-state index contributed by atoms with van der Waals surface area (Å²) in [4.78, 5) is 28.5. The SMILES string of the molecule is CN(C)C(=O)C1CCN(C(=O)C=Cc2ccc(Br)s2)CC1. The number of amides is 2. The van der Waals surface area contributed by atoms with Crippen LogP contribution in [0.4, 0.5) is 0 Å². The molecule has 0 unspecified atom stereocenters. The highest BCUT2D eigenvalue weighted by Gasteiger charge is 2.27. The second kappa shape index (κ2) is 7.22. The lowest BCUT2D eigenvalue weighted by Crippen LogP contribution is -2.42. The van der Waals surface area contributed by atoms with Gasteiger partial charge in [0.15, 0.2) is 0 Å². The third kappa shape index (κ3) is 4.41. The molecule has 2 amide bonds. The molecular formula is C15H19BrN2O2S. The number of hydrogen-bond donors (Lipinski definition) is 0. The third-order valence-electron chi connectivity index (χ3n) is 3.58.